The molecule has 27 heavy (non-hydrogen) atoms. The van der Waals surface area contributed by atoms with Crippen LogP contribution in [0.4, 0.5) is 0 Å². The minimum Gasteiger partial charge on any atom is -0.489 e. The number of rotatable bonds is 7. The second-order valence-electron chi connectivity index (χ2n) is 6.41. The van der Waals surface area contributed by atoms with Crippen LogP contribution in [0.3, 0.4) is 0 Å². The lowest BCUT2D eigenvalue weighted by Gasteiger charge is -2.08. The van der Waals surface area contributed by atoms with Gasteiger partial charge in [-0.2, -0.15) is 0 Å². The highest BCUT2D eigenvalue weighted by Crippen LogP contribution is 2.24. The zero-order valence-electron chi connectivity index (χ0n) is 15.2. The first-order chi connectivity index (χ1) is 13.3. The van der Waals surface area contributed by atoms with Crippen LogP contribution in [0.5, 0.6) is 5.75 Å². The molecule has 4 aromatic rings. The number of nitrogens with zero attached hydrogens (tertiary/aromatic N) is 1. The van der Waals surface area contributed by atoms with Crippen LogP contribution in [-0.4, -0.2) is 18.7 Å². The molecule has 0 saturated carbocycles. The summed E-state index contributed by atoms with van der Waals surface area (Å²) in [6, 6.07) is 20.5. The van der Waals surface area contributed by atoms with Crippen LogP contribution in [0.25, 0.3) is 22.2 Å². The van der Waals surface area contributed by atoms with Gasteiger partial charge in [-0.25, -0.2) is 4.98 Å². The van der Waals surface area contributed by atoms with Crippen LogP contribution in [0.15, 0.2) is 77.5 Å². The summed E-state index contributed by atoms with van der Waals surface area (Å²) in [4.78, 5) is 4.34. The van der Waals surface area contributed by atoms with Gasteiger partial charge < -0.3 is 13.9 Å². The van der Waals surface area contributed by atoms with E-state index in [1.165, 1.54) is 5.56 Å². The fraction of sp³-hybridized carbons (Fsp3) is 0.174. The molecule has 0 aliphatic rings. The highest BCUT2D eigenvalue weighted by atomic mass is 16.5. The maximum atomic E-state index is 5.89. The van der Waals surface area contributed by atoms with E-state index in [9.17, 15) is 0 Å². The third kappa shape index (κ3) is 4.18. The topological polar surface area (TPSA) is 44.5 Å². The van der Waals surface area contributed by atoms with Crippen molar-refractivity contribution in [3.05, 3.63) is 84.3 Å². The molecule has 0 radical (unpaired) electrons. The van der Waals surface area contributed by atoms with Gasteiger partial charge in [0.2, 0.25) is 5.71 Å². The molecule has 4 rings (SSSR count). The molecule has 0 bridgehead atoms. The van der Waals surface area contributed by atoms with Crippen molar-refractivity contribution in [1.82, 2.24) is 4.98 Å². The lowest BCUT2D eigenvalue weighted by Crippen LogP contribution is -1.97. The zero-order valence-corrected chi connectivity index (χ0v) is 15.2. The second-order valence-corrected chi connectivity index (χ2v) is 6.41. The second kappa shape index (κ2) is 8.06. The Morgan fingerprint density at radius 1 is 0.889 bits per heavy atom. The number of ether oxygens (including phenoxy) is 2. The largest absolute Gasteiger partial charge is 0.489 e. The Balaban J connectivity index is 1.39. The van der Waals surface area contributed by atoms with E-state index in [1.807, 2.05) is 24.4 Å². The molecule has 2 heterocycles. The van der Waals surface area contributed by atoms with Gasteiger partial charge in [0.05, 0.1) is 12.9 Å². The average molecular weight is 359 g/mol. The van der Waals surface area contributed by atoms with Crippen molar-refractivity contribution < 1.29 is 13.9 Å². The number of fused-ring (bicyclic) bond motifs is 1. The summed E-state index contributed by atoms with van der Waals surface area (Å²) in [5, 5.41) is 1.01. The predicted octanol–water partition coefficient (Wildman–Crippen LogP) is 5.26. The van der Waals surface area contributed by atoms with Gasteiger partial charge in [0, 0.05) is 24.3 Å². The fourth-order valence-electron chi connectivity index (χ4n) is 2.95. The van der Waals surface area contributed by atoms with Crippen LogP contribution in [0, 0.1) is 0 Å². The number of pyridine rings is 1. The van der Waals surface area contributed by atoms with E-state index in [2.05, 4.69) is 47.4 Å². The quantitative estimate of drug-likeness (QED) is 0.451. The molecule has 0 N–H and O–H groups in total. The molecule has 2 aromatic heterocycles. The minimum absolute atomic E-state index is 0.538. The minimum atomic E-state index is 0.538. The summed E-state index contributed by atoms with van der Waals surface area (Å²) in [5.74, 6) is 0.870. The number of aromatic nitrogens is 1. The van der Waals surface area contributed by atoms with Crippen molar-refractivity contribution >= 4 is 11.1 Å². The third-order valence-corrected chi connectivity index (χ3v) is 4.52. The van der Waals surface area contributed by atoms with Gasteiger partial charge in [0.1, 0.15) is 12.4 Å². The molecule has 0 aliphatic carbocycles. The van der Waals surface area contributed by atoms with Crippen LogP contribution in [0.1, 0.15) is 11.1 Å². The molecule has 0 aliphatic heterocycles. The van der Waals surface area contributed by atoms with Crippen molar-refractivity contribution in [2.45, 2.75) is 13.0 Å². The van der Waals surface area contributed by atoms with Crippen LogP contribution in [-0.2, 0) is 17.8 Å². The Morgan fingerprint density at radius 2 is 1.67 bits per heavy atom. The summed E-state index contributed by atoms with van der Waals surface area (Å²) in [5.41, 5.74) is 5.23. The van der Waals surface area contributed by atoms with Crippen molar-refractivity contribution in [3.8, 4) is 16.9 Å². The zero-order chi connectivity index (χ0) is 18.5. The van der Waals surface area contributed by atoms with E-state index in [0.717, 1.165) is 40.9 Å². The molecule has 136 valence electrons. The summed E-state index contributed by atoms with van der Waals surface area (Å²) in [6.07, 6.45) is 4.41. The molecule has 0 saturated heterocycles. The molecule has 0 amide bonds. The summed E-state index contributed by atoms with van der Waals surface area (Å²) < 4.78 is 16.3. The van der Waals surface area contributed by atoms with Crippen LogP contribution < -0.4 is 4.74 Å². The number of furan rings is 1. The summed E-state index contributed by atoms with van der Waals surface area (Å²) in [7, 11) is 1.72. The van der Waals surface area contributed by atoms with Crippen molar-refractivity contribution in [1.29, 1.82) is 0 Å². The summed E-state index contributed by atoms with van der Waals surface area (Å²) in [6.45, 7) is 1.27. The fourth-order valence-corrected chi connectivity index (χ4v) is 2.95. The normalized spacial score (nSPS) is 11.0. The van der Waals surface area contributed by atoms with E-state index in [-0.39, 0.29) is 0 Å². The van der Waals surface area contributed by atoms with Gasteiger partial charge in [-0.1, -0.05) is 36.4 Å². The molecule has 0 atom stereocenters. The van der Waals surface area contributed by atoms with E-state index >= 15 is 0 Å². The number of hydrogen-bond acceptors (Lipinski definition) is 4. The Labute approximate surface area is 158 Å². The number of benzene rings is 2. The first kappa shape index (κ1) is 17.3. The van der Waals surface area contributed by atoms with Gasteiger partial charge in [-0.3, -0.25) is 0 Å². The molecular formula is C23H21NO3. The van der Waals surface area contributed by atoms with Gasteiger partial charge in [-0.15, -0.1) is 0 Å². The first-order valence-corrected chi connectivity index (χ1v) is 8.95. The Kier molecular flexibility index (Phi) is 5.17. The number of methoxy groups -OCH3 is 1. The lowest BCUT2D eigenvalue weighted by molar-refractivity contribution is 0.202. The lowest BCUT2D eigenvalue weighted by atomic mass is 10.1. The van der Waals surface area contributed by atoms with Gasteiger partial charge in [0.25, 0.3) is 0 Å². The molecular weight excluding hydrogens is 338 g/mol. The average Bonchev–Trinajstić information content (AvgIpc) is 3.20. The molecule has 2 aromatic carbocycles. The third-order valence-electron chi connectivity index (χ3n) is 4.52. The SMILES string of the molecule is COCCc1ccc(OCc2ccc(-c3cnc4occc4c3)cc2)cc1. The van der Waals surface area contributed by atoms with Crippen molar-refractivity contribution in [2.24, 2.45) is 0 Å². The molecule has 0 spiro atoms. The molecule has 0 unspecified atom stereocenters. The predicted molar refractivity (Wildman–Crippen MR) is 106 cm³/mol. The van der Waals surface area contributed by atoms with Gasteiger partial charge in [0.15, 0.2) is 0 Å². The standard InChI is InChI=1S/C23H21NO3/c1-25-12-10-17-4-8-22(9-5-17)27-16-18-2-6-19(7-3-18)21-14-20-11-13-26-23(20)24-15-21/h2-9,11,13-15H,10,12,16H2,1H3. The molecule has 4 heteroatoms. The van der Waals surface area contributed by atoms with Gasteiger partial charge >= 0.3 is 0 Å². The molecule has 0 fully saturated rings. The van der Waals surface area contributed by atoms with E-state index in [4.69, 9.17) is 13.9 Å². The highest BCUT2D eigenvalue weighted by Gasteiger charge is 2.04. The van der Waals surface area contributed by atoms with E-state index in [0.29, 0.717) is 12.3 Å². The monoisotopic (exact) mass is 359 g/mol. The Bertz CT molecular complexity index is 1000. The maximum Gasteiger partial charge on any atom is 0.225 e. The van der Waals surface area contributed by atoms with Crippen LogP contribution >= 0.6 is 0 Å². The Morgan fingerprint density at radius 3 is 2.44 bits per heavy atom. The van der Waals surface area contributed by atoms with E-state index < -0.39 is 0 Å². The van der Waals surface area contributed by atoms with Crippen LogP contribution in [0.2, 0.25) is 0 Å². The Hall–Kier alpha value is -3.11. The van der Waals surface area contributed by atoms with E-state index in [1.54, 1.807) is 13.4 Å². The molecule has 4 nitrogen and oxygen atoms in total. The number of hydrogen-bond donors (Lipinski definition) is 0. The summed E-state index contributed by atoms with van der Waals surface area (Å²) >= 11 is 0. The smallest absolute Gasteiger partial charge is 0.225 e. The maximum absolute atomic E-state index is 5.89. The first-order valence-electron chi connectivity index (χ1n) is 8.95. The van der Waals surface area contributed by atoms with Gasteiger partial charge in [-0.05, 0) is 47.4 Å². The highest BCUT2D eigenvalue weighted by molar-refractivity contribution is 5.79. The van der Waals surface area contributed by atoms with Crippen molar-refractivity contribution in [2.75, 3.05) is 13.7 Å². The van der Waals surface area contributed by atoms with Crippen molar-refractivity contribution in [3.63, 3.8) is 0 Å².